The van der Waals surface area contributed by atoms with Crippen LogP contribution in [0, 0.1) is 6.92 Å². The van der Waals surface area contributed by atoms with E-state index in [0.717, 1.165) is 29.6 Å². The van der Waals surface area contributed by atoms with Crippen molar-refractivity contribution >= 4 is 0 Å². The molecule has 0 unspecified atom stereocenters. The van der Waals surface area contributed by atoms with Crippen molar-refractivity contribution < 1.29 is 0 Å². The second-order valence-corrected chi connectivity index (χ2v) is 6.42. The first-order chi connectivity index (χ1) is 11.0. The minimum atomic E-state index is -0.265. The van der Waals surface area contributed by atoms with Gasteiger partial charge in [-0.2, -0.15) is 0 Å². The lowest BCUT2D eigenvalue weighted by Gasteiger charge is -2.26. The lowest BCUT2D eigenvalue weighted by molar-refractivity contribution is 0.241. The SMILES string of the molecule is Cc1cccc([C@H]2CCCN2Cc2cc(=O)n(C)c(=O)n2C)c1. The summed E-state index contributed by atoms with van der Waals surface area (Å²) < 4.78 is 2.72. The van der Waals surface area contributed by atoms with Gasteiger partial charge in [-0.15, -0.1) is 0 Å². The molecule has 1 aliphatic rings. The molecular weight excluding hydrogens is 290 g/mol. The van der Waals surface area contributed by atoms with Crippen LogP contribution in [0.5, 0.6) is 0 Å². The zero-order valence-corrected chi connectivity index (χ0v) is 14.0. The lowest BCUT2D eigenvalue weighted by atomic mass is 10.0. The molecular formula is C18H23N3O2. The van der Waals surface area contributed by atoms with Crippen LogP contribution in [0.25, 0.3) is 0 Å². The minimum absolute atomic E-state index is 0.241. The van der Waals surface area contributed by atoms with Crippen LogP contribution in [0.1, 0.15) is 35.7 Å². The number of hydrogen-bond donors (Lipinski definition) is 0. The molecule has 0 saturated carbocycles. The van der Waals surface area contributed by atoms with Crippen LogP contribution in [0.15, 0.2) is 39.9 Å². The van der Waals surface area contributed by atoms with Gasteiger partial charge in [0.15, 0.2) is 0 Å². The van der Waals surface area contributed by atoms with Gasteiger partial charge in [-0.05, 0) is 31.9 Å². The van der Waals surface area contributed by atoms with Gasteiger partial charge < -0.3 is 0 Å². The van der Waals surface area contributed by atoms with E-state index in [1.807, 2.05) is 0 Å². The highest BCUT2D eigenvalue weighted by atomic mass is 16.2. The van der Waals surface area contributed by atoms with Crippen molar-refractivity contribution in [3.8, 4) is 0 Å². The van der Waals surface area contributed by atoms with Gasteiger partial charge in [-0.25, -0.2) is 4.79 Å². The third kappa shape index (κ3) is 3.01. The van der Waals surface area contributed by atoms with Gasteiger partial charge >= 0.3 is 5.69 Å². The summed E-state index contributed by atoms with van der Waals surface area (Å²) in [7, 11) is 3.24. The maximum atomic E-state index is 12.1. The third-order valence-electron chi connectivity index (χ3n) is 4.78. The number of likely N-dealkylation sites (tertiary alicyclic amines) is 1. The molecule has 23 heavy (non-hydrogen) atoms. The Morgan fingerprint density at radius 3 is 2.65 bits per heavy atom. The standard InChI is InChI=1S/C18H23N3O2/c1-13-6-4-7-14(10-13)16-8-5-9-21(16)12-15-11-17(22)20(3)18(23)19(15)2/h4,6-7,10-11,16H,5,8-9,12H2,1-3H3/t16-/m1/s1. The Balaban J connectivity index is 1.91. The molecule has 5 heteroatoms. The number of rotatable bonds is 3. The molecule has 1 fully saturated rings. The smallest absolute Gasteiger partial charge is 0.299 e. The average Bonchev–Trinajstić information content (AvgIpc) is 2.99. The van der Waals surface area contributed by atoms with Crippen molar-refractivity contribution in [3.05, 3.63) is 68.0 Å². The molecule has 0 bridgehead atoms. The minimum Gasteiger partial charge on any atom is -0.299 e. The van der Waals surface area contributed by atoms with Crippen molar-refractivity contribution in [3.63, 3.8) is 0 Å². The Bertz CT molecular complexity index is 835. The van der Waals surface area contributed by atoms with Gasteiger partial charge in [0.05, 0.1) is 0 Å². The predicted molar refractivity (Wildman–Crippen MR) is 90.5 cm³/mol. The molecule has 2 aromatic rings. The largest absolute Gasteiger partial charge is 0.330 e. The molecule has 0 aliphatic carbocycles. The molecule has 0 N–H and O–H groups in total. The Morgan fingerprint density at radius 2 is 1.91 bits per heavy atom. The number of aryl methyl sites for hydroxylation is 1. The second kappa shape index (κ2) is 6.16. The van der Waals surface area contributed by atoms with Crippen molar-refractivity contribution in [2.45, 2.75) is 32.4 Å². The van der Waals surface area contributed by atoms with Crippen LogP contribution in [0.4, 0.5) is 0 Å². The first-order valence-corrected chi connectivity index (χ1v) is 8.04. The van der Waals surface area contributed by atoms with E-state index in [1.165, 1.54) is 18.2 Å². The molecule has 0 radical (unpaired) electrons. The summed E-state index contributed by atoms with van der Waals surface area (Å²) in [4.78, 5) is 26.4. The van der Waals surface area contributed by atoms with Crippen molar-refractivity contribution in [2.24, 2.45) is 14.1 Å². The molecule has 1 aromatic heterocycles. The topological polar surface area (TPSA) is 47.2 Å². The highest BCUT2D eigenvalue weighted by molar-refractivity contribution is 5.26. The van der Waals surface area contributed by atoms with Gasteiger partial charge in [0.1, 0.15) is 0 Å². The van der Waals surface area contributed by atoms with Crippen LogP contribution in [-0.4, -0.2) is 20.6 Å². The van der Waals surface area contributed by atoms with E-state index >= 15 is 0 Å². The van der Waals surface area contributed by atoms with E-state index in [4.69, 9.17) is 0 Å². The molecule has 5 nitrogen and oxygen atoms in total. The van der Waals surface area contributed by atoms with Crippen molar-refractivity contribution in [1.82, 2.24) is 14.0 Å². The van der Waals surface area contributed by atoms with Crippen molar-refractivity contribution in [2.75, 3.05) is 6.54 Å². The van der Waals surface area contributed by atoms with Crippen LogP contribution in [0.3, 0.4) is 0 Å². The maximum Gasteiger partial charge on any atom is 0.330 e. The molecule has 2 heterocycles. The number of aromatic nitrogens is 2. The Morgan fingerprint density at radius 1 is 1.13 bits per heavy atom. The highest BCUT2D eigenvalue weighted by Crippen LogP contribution is 2.33. The predicted octanol–water partition coefficient (Wildman–Crippen LogP) is 1.73. The summed E-state index contributed by atoms with van der Waals surface area (Å²) in [5.41, 5.74) is 2.84. The summed E-state index contributed by atoms with van der Waals surface area (Å²) >= 11 is 0. The molecule has 1 saturated heterocycles. The fourth-order valence-corrected chi connectivity index (χ4v) is 3.41. The second-order valence-electron chi connectivity index (χ2n) is 6.42. The summed E-state index contributed by atoms with van der Waals surface area (Å²) in [6.07, 6.45) is 2.25. The normalized spacial score (nSPS) is 18.5. The lowest BCUT2D eigenvalue weighted by Crippen LogP contribution is -2.39. The third-order valence-corrected chi connectivity index (χ3v) is 4.78. The van der Waals surface area contributed by atoms with Crippen molar-refractivity contribution in [1.29, 1.82) is 0 Å². The number of hydrogen-bond acceptors (Lipinski definition) is 3. The molecule has 0 amide bonds. The Labute approximate surface area is 135 Å². The van der Waals surface area contributed by atoms with Gasteiger partial charge in [-0.1, -0.05) is 29.8 Å². The fourth-order valence-electron chi connectivity index (χ4n) is 3.41. The van der Waals surface area contributed by atoms with E-state index in [9.17, 15) is 9.59 Å². The number of benzene rings is 1. The first kappa shape index (κ1) is 15.7. The average molecular weight is 313 g/mol. The van der Waals surface area contributed by atoms with Gasteiger partial charge in [0.2, 0.25) is 0 Å². The van der Waals surface area contributed by atoms with Gasteiger partial charge in [-0.3, -0.25) is 18.8 Å². The highest BCUT2D eigenvalue weighted by Gasteiger charge is 2.26. The van der Waals surface area contributed by atoms with E-state index < -0.39 is 0 Å². The molecule has 1 aliphatic heterocycles. The molecule has 0 spiro atoms. The van der Waals surface area contributed by atoms with E-state index in [0.29, 0.717) is 12.6 Å². The zero-order chi connectivity index (χ0) is 16.6. The number of nitrogens with zero attached hydrogens (tertiary/aromatic N) is 3. The summed E-state index contributed by atoms with van der Waals surface area (Å²) in [5.74, 6) is 0. The quantitative estimate of drug-likeness (QED) is 0.867. The molecule has 3 rings (SSSR count). The fraction of sp³-hybridized carbons (Fsp3) is 0.444. The van der Waals surface area contributed by atoms with Gasteiger partial charge in [0, 0.05) is 38.4 Å². The van der Waals surface area contributed by atoms with Crippen LogP contribution < -0.4 is 11.2 Å². The van der Waals surface area contributed by atoms with Crippen LogP contribution >= 0.6 is 0 Å². The zero-order valence-electron chi connectivity index (χ0n) is 14.0. The molecule has 122 valence electrons. The maximum absolute atomic E-state index is 12.1. The monoisotopic (exact) mass is 313 g/mol. The Kier molecular flexibility index (Phi) is 4.22. The first-order valence-electron chi connectivity index (χ1n) is 8.04. The Hall–Kier alpha value is -2.14. The summed E-state index contributed by atoms with van der Waals surface area (Å²) in [6.45, 7) is 3.72. The van der Waals surface area contributed by atoms with Crippen LogP contribution in [0.2, 0.25) is 0 Å². The van der Waals surface area contributed by atoms with Gasteiger partial charge in [0.25, 0.3) is 5.56 Å². The van der Waals surface area contributed by atoms with Crippen LogP contribution in [-0.2, 0) is 20.6 Å². The van der Waals surface area contributed by atoms with E-state index in [-0.39, 0.29) is 11.2 Å². The molecule has 1 atom stereocenters. The summed E-state index contributed by atoms with van der Waals surface area (Å²) in [5, 5.41) is 0. The molecule has 1 aromatic carbocycles. The van der Waals surface area contributed by atoms with E-state index in [1.54, 1.807) is 17.7 Å². The summed E-state index contributed by atoms with van der Waals surface area (Å²) in [6, 6.07) is 10.5. The van der Waals surface area contributed by atoms with E-state index in [2.05, 4.69) is 36.1 Å².